The molecule has 1 aliphatic rings. The third-order valence-corrected chi connectivity index (χ3v) is 4.99. The van der Waals surface area contributed by atoms with Gasteiger partial charge < -0.3 is 14.3 Å². The van der Waals surface area contributed by atoms with Crippen molar-refractivity contribution in [3.05, 3.63) is 82.5 Å². The Morgan fingerprint density at radius 2 is 1.68 bits per heavy atom. The van der Waals surface area contributed by atoms with Gasteiger partial charge in [-0.15, -0.1) is 0 Å². The minimum atomic E-state index is -1.26. The minimum Gasteiger partial charge on any atom is -0.545 e. The van der Waals surface area contributed by atoms with Crippen LogP contribution >= 0.6 is 11.8 Å². The van der Waals surface area contributed by atoms with Crippen LogP contribution in [0.1, 0.15) is 26.5 Å². The molecule has 0 saturated heterocycles. The Hall–Kier alpha value is -3.05. The molecule has 0 radical (unpaired) electrons. The van der Waals surface area contributed by atoms with Crippen LogP contribution in [0.2, 0.25) is 0 Å². The van der Waals surface area contributed by atoms with E-state index in [-0.39, 0.29) is 11.3 Å². The first-order valence-corrected chi connectivity index (χ1v) is 8.39. The van der Waals surface area contributed by atoms with Gasteiger partial charge in [0.15, 0.2) is 0 Å². The third kappa shape index (κ3) is 2.79. The molecule has 4 nitrogen and oxygen atoms in total. The van der Waals surface area contributed by atoms with Crippen LogP contribution in [-0.2, 0) is 0 Å². The molecule has 25 heavy (non-hydrogen) atoms. The molecule has 3 aromatic rings. The number of thioether (sulfide) groups is 1. The normalized spacial score (nSPS) is 14.7. The highest BCUT2D eigenvalue weighted by Crippen LogP contribution is 2.41. The molecule has 0 aliphatic carbocycles. The number of benzene rings is 2. The SMILES string of the molecule is O=C1/C(=C/c2ccc(-c3ccccc3C(=O)[O-])o2)Sc2ccccc21. The summed E-state index contributed by atoms with van der Waals surface area (Å²) in [6, 6.07) is 17.3. The zero-order valence-electron chi connectivity index (χ0n) is 12.9. The number of furan rings is 1. The van der Waals surface area contributed by atoms with Crippen molar-refractivity contribution in [2.45, 2.75) is 4.90 Å². The van der Waals surface area contributed by atoms with Gasteiger partial charge in [0, 0.05) is 21.6 Å². The summed E-state index contributed by atoms with van der Waals surface area (Å²) in [6.45, 7) is 0. The van der Waals surface area contributed by atoms with Gasteiger partial charge >= 0.3 is 0 Å². The number of hydrogen-bond acceptors (Lipinski definition) is 5. The summed E-state index contributed by atoms with van der Waals surface area (Å²) in [5.74, 6) is -0.385. The smallest absolute Gasteiger partial charge is 0.200 e. The first kappa shape index (κ1) is 15.5. The lowest BCUT2D eigenvalue weighted by molar-refractivity contribution is -0.254. The lowest BCUT2D eigenvalue weighted by atomic mass is 10.1. The molecule has 4 rings (SSSR count). The van der Waals surface area contributed by atoms with Gasteiger partial charge in [-0.3, -0.25) is 4.79 Å². The molecular formula is C20H11O4S-. The van der Waals surface area contributed by atoms with Gasteiger partial charge in [0.2, 0.25) is 5.78 Å². The van der Waals surface area contributed by atoms with E-state index in [1.54, 1.807) is 42.5 Å². The fraction of sp³-hybridized carbons (Fsp3) is 0. The number of hydrogen-bond donors (Lipinski definition) is 0. The van der Waals surface area contributed by atoms with Crippen LogP contribution in [0.15, 0.2) is 74.9 Å². The Kier molecular flexibility index (Phi) is 3.78. The number of aromatic carboxylic acids is 1. The van der Waals surface area contributed by atoms with Gasteiger partial charge in [-0.1, -0.05) is 48.2 Å². The maximum Gasteiger partial charge on any atom is 0.200 e. The number of Topliss-reactive ketones (excluding diaryl/α,β-unsaturated/α-hetero) is 1. The fourth-order valence-corrected chi connectivity index (χ4v) is 3.75. The maximum absolute atomic E-state index is 12.4. The molecule has 0 N–H and O–H groups in total. The van der Waals surface area contributed by atoms with Crippen molar-refractivity contribution < 1.29 is 19.1 Å². The van der Waals surface area contributed by atoms with E-state index in [0.717, 1.165) is 4.90 Å². The molecular weight excluding hydrogens is 336 g/mol. The average Bonchev–Trinajstić information content (AvgIpc) is 3.21. The first-order valence-electron chi connectivity index (χ1n) is 7.57. The minimum absolute atomic E-state index is 0.0336. The van der Waals surface area contributed by atoms with Crippen LogP contribution in [0.3, 0.4) is 0 Å². The summed E-state index contributed by atoms with van der Waals surface area (Å²) in [7, 11) is 0. The lowest BCUT2D eigenvalue weighted by Gasteiger charge is -2.07. The number of carboxylic acids is 1. The van der Waals surface area contributed by atoms with Crippen LogP contribution in [0, 0.1) is 0 Å². The fourth-order valence-electron chi connectivity index (χ4n) is 2.72. The van der Waals surface area contributed by atoms with Gasteiger partial charge in [-0.2, -0.15) is 0 Å². The molecule has 2 heterocycles. The number of fused-ring (bicyclic) bond motifs is 1. The summed E-state index contributed by atoms with van der Waals surface area (Å²) >= 11 is 1.40. The topological polar surface area (TPSA) is 70.3 Å². The molecule has 122 valence electrons. The number of carboxylic acid groups (broad SMARTS) is 1. The quantitative estimate of drug-likeness (QED) is 0.677. The molecule has 0 bridgehead atoms. The van der Waals surface area contributed by atoms with E-state index in [4.69, 9.17) is 4.42 Å². The second-order valence-corrected chi connectivity index (χ2v) is 6.55. The van der Waals surface area contributed by atoms with Crippen molar-refractivity contribution in [1.82, 2.24) is 0 Å². The second-order valence-electron chi connectivity index (χ2n) is 5.47. The highest BCUT2D eigenvalue weighted by Gasteiger charge is 2.25. The Balaban J connectivity index is 1.68. The van der Waals surface area contributed by atoms with Crippen molar-refractivity contribution in [2.75, 3.05) is 0 Å². The van der Waals surface area contributed by atoms with Crippen LogP contribution in [0.4, 0.5) is 0 Å². The maximum atomic E-state index is 12.4. The molecule has 0 fully saturated rings. The highest BCUT2D eigenvalue weighted by molar-refractivity contribution is 8.04. The second kappa shape index (κ2) is 6.11. The van der Waals surface area contributed by atoms with Crippen LogP contribution in [0.25, 0.3) is 17.4 Å². The van der Waals surface area contributed by atoms with E-state index in [2.05, 4.69) is 0 Å². The van der Waals surface area contributed by atoms with Crippen molar-refractivity contribution >= 4 is 29.6 Å². The summed E-state index contributed by atoms with van der Waals surface area (Å²) in [5, 5.41) is 11.2. The predicted octanol–water partition coefficient (Wildman–Crippen LogP) is 3.64. The van der Waals surface area contributed by atoms with Crippen molar-refractivity contribution in [2.24, 2.45) is 0 Å². The Labute approximate surface area is 147 Å². The molecule has 2 aromatic carbocycles. The summed E-state index contributed by atoms with van der Waals surface area (Å²) in [6.07, 6.45) is 1.68. The molecule has 5 heteroatoms. The summed E-state index contributed by atoms with van der Waals surface area (Å²) in [4.78, 5) is 25.1. The van der Waals surface area contributed by atoms with Crippen LogP contribution in [0.5, 0.6) is 0 Å². The van der Waals surface area contributed by atoms with Gasteiger partial charge in [0.1, 0.15) is 11.5 Å². The zero-order chi connectivity index (χ0) is 17.4. The number of rotatable bonds is 3. The molecule has 0 unspecified atom stereocenters. The predicted molar refractivity (Wildman–Crippen MR) is 93.1 cm³/mol. The van der Waals surface area contributed by atoms with E-state index in [1.807, 2.05) is 18.2 Å². The van der Waals surface area contributed by atoms with Crippen molar-refractivity contribution in [1.29, 1.82) is 0 Å². The lowest BCUT2D eigenvalue weighted by Crippen LogP contribution is -2.22. The van der Waals surface area contributed by atoms with Crippen LogP contribution in [-0.4, -0.2) is 11.8 Å². The zero-order valence-corrected chi connectivity index (χ0v) is 13.7. The average molecular weight is 347 g/mol. The van der Waals surface area contributed by atoms with E-state index in [0.29, 0.717) is 27.6 Å². The molecule has 0 amide bonds. The van der Waals surface area contributed by atoms with E-state index in [1.165, 1.54) is 17.8 Å². The highest BCUT2D eigenvalue weighted by atomic mass is 32.2. The van der Waals surface area contributed by atoms with E-state index < -0.39 is 5.97 Å². The molecule has 0 spiro atoms. The molecule has 0 atom stereocenters. The van der Waals surface area contributed by atoms with Gasteiger partial charge in [0.25, 0.3) is 0 Å². The Morgan fingerprint density at radius 1 is 0.960 bits per heavy atom. The summed E-state index contributed by atoms with van der Waals surface area (Å²) in [5.41, 5.74) is 1.20. The number of carbonyl (C=O) groups excluding carboxylic acids is 2. The standard InChI is InChI=1S/C20H12O4S/c21-19-15-7-3-4-8-17(15)25-18(19)11-12-9-10-16(24-12)13-5-1-2-6-14(13)20(22)23/h1-11H,(H,22,23)/p-1/b18-11-. The monoisotopic (exact) mass is 347 g/mol. The third-order valence-electron chi connectivity index (χ3n) is 3.89. The Morgan fingerprint density at radius 3 is 2.44 bits per heavy atom. The van der Waals surface area contributed by atoms with Gasteiger partial charge in [-0.05, 0) is 30.3 Å². The molecule has 1 aromatic heterocycles. The summed E-state index contributed by atoms with van der Waals surface area (Å²) < 4.78 is 5.74. The van der Waals surface area contributed by atoms with Crippen LogP contribution < -0.4 is 5.11 Å². The van der Waals surface area contributed by atoms with Crippen molar-refractivity contribution in [3.8, 4) is 11.3 Å². The first-order chi connectivity index (χ1) is 12.1. The molecule has 1 aliphatic heterocycles. The number of carbonyl (C=O) groups is 2. The van der Waals surface area contributed by atoms with E-state index >= 15 is 0 Å². The largest absolute Gasteiger partial charge is 0.545 e. The van der Waals surface area contributed by atoms with E-state index in [9.17, 15) is 14.7 Å². The number of ketones is 1. The molecule has 0 saturated carbocycles. The Bertz CT molecular complexity index is 1030. The number of allylic oxidation sites excluding steroid dienone is 1. The van der Waals surface area contributed by atoms with Gasteiger partial charge in [-0.25, -0.2) is 0 Å². The van der Waals surface area contributed by atoms with Crippen molar-refractivity contribution in [3.63, 3.8) is 0 Å². The van der Waals surface area contributed by atoms with Gasteiger partial charge in [0.05, 0.1) is 10.9 Å².